The summed E-state index contributed by atoms with van der Waals surface area (Å²) in [5, 5.41) is 3.04. The van der Waals surface area contributed by atoms with Crippen molar-refractivity contribution in [1.82, 2.24) is 14.7 Å². The third-order valence-electron chi connectivity index (χ3n) is 2.98. The largest absolute Gasteiger partial charge is 0.363 e. The highest BCUT2D eigenvalue weighted by atomic mass is 32.2. The molecule has 0 saturated carbocycles. The zero-order valence-electron chi connectivity index (χ0n) is 13.6. The molecule has 0 bridgehead atoms. The number of sulfonamides is 1. The average molecular weight is 355 g/mol. The summed E-state index contributed by atoms with van der Waals surface area (Å²) in [7, 11) is 0.367. The predicted molar refractivity (Wildman–Crippen MR) is 93.8 cm³/mol. The van der Waals surface area contributed by atoms with Crippen LogP contribution in [0.1, 0.15) is 10.6 Å². The first-order valence-corrected chi connectivity index (χ1v) is 9.41. The summed E-state index contributed by atoms with van der Waals surface area (Å²) >= 11 is 1.26. The van der Waals surface area contributed by atoms with Crippen LogP contribution in [0, 0.1) is 13.8 Å². The van der Waals surface area contributed by atoms with E-state index in [4.69, 9.17) is 0 Å². The van der Waals surface area contributed by atoms with E-state index in [1.165, 1.54) is 11.3 Å². The summed E-state index contributed by atoms with van der Waals surface area (Å²) in [5.74, 6) is 1.29. The molecule has 9 heteroatoms. The Kier molecular flexibility index (Phi) is 5.55. The van der Waals surface area contributed by atoms with Crippen molar-refractivity contribution in [3.63, 3.8) is 0 Å². The number of hydrogen-bond acceptors (Lipinski definition) is 7. The van der Waals surface area contributed by atoms with Gasteiger partial charge in [-0.2, -0.15) is 4.98 Å². The predicted octanol–water partition coefficient (Wildman–Crippen LogP) is 1.61. The molecule has 0 unspecified atom stereocenters. The minimum absolute atomic E-state index is 0.258. The number of hydrogen-bond donors (Lipinski definition) is 2. The molecule has 0 radical (unpaired) electrons. The Morgan fingerprint density at radius 1 is 1.17 bits per heavy atom. The Labute approximate surface area is 140 Å². The topological polar surface area (TPSA) is 87.2 Å². The van der Waals surface area contributed by atoms with Gasteiger partial charge in [0.2, 0.25) is 16.0 Å². The summed E-state index contributed by atoms with van der Waals surface area (Å²) in [5.41, 5.74) is 0.848. The van der Waals surface area contributed by atoms with Gasteiger partial charge in [0.15, 0.2) is 0 Å². The van der Waals surface area contributed by atoms with Crippen molar-refractivity contribution in [2.24, 2.45) is 0 Å². The van der Waals surface area contributed by atoms with E-state index in [1.807, 2.05) is 38.9 Å². The van der Waals surface area contributed by atoms with Crippen LogP contribution in [-0.4, -0.2) is 45.6 Å². The Balaban J connectivity index is 1.90. The molecule has 126 valence electrons. The van der Waals surface area contributed by atoms with Crippen molar-refractivity contribution in [2.45, 2.75) is 18.1 Å². The van der Waals surface area contributed by atoms with E-state index in [9.17, 15) is 8.42 Å². The minimum atomic E-state index is -3.44. The van der Waals surface area contributed by atoms with Gasteiger partial charge in [-0.3, -0.25) is 0 Å². The molecular weight excluding hydrogens is 334 g/mol. The number of nitrogens with zero attached hydrogens (tertiary/aromatic N) is 3. The highest BCUT2D eigenvalue weighted by Crippen LogP contribution is 2.20. The third kappa shape index (κ3) is 4.88. The smallest absolute Gasteiger partial charge is 0.250 e. The molecule has 2 aromatic heterocycles. The fourth-order valence-electron chi connectivity index (χ4n) is 1.85. The standard InChI is InChI=1S/C14H21N5O2S2/c1-10-9-12(19(3)4)18-14(17-10)15-7-8-16-23(20,21)13-6-5-11(2)22-13/h5-6,9,16H,7-8H2,1-4H3,(H,15,17,18). The molecule has 0 saturated heterocycles. The molecule has 0 aliphatic heterocycles. The number of rotatable bonds is 7. The zero-order valence-corrected chi connectivity index (χ0v) is 15.3. The van der Waals surface area contributed by atoms with Crippen LogP contribution in [0.5, 0.6) is 0 Å². The van der Waals surface area contributed by atoms with E-state index < -0.39 is 10.0 Å². The third-order valence-corrected chi connectivity index (χ3v) is 5.93. The fourth-order valence-corrected chi connectivity index (χ4v) is 4.21. The molecule has 0 aliphatic rings. The van der Waals surface area contributed by atoms with Gasteiger partial charge >= 0.3 is 0 Å². The molecule has 2 heterocycles. The number of aryl methyl sites for hydroxylation is 2. The van der Waals surface area contributed by atoms with Gasteiger partial charge in [0.1, 0.15) is 10.0 Å². The molecule has 0 atom stereocenters. The van der Waals surface area contributed by atoms with Crippen LogP contribution in [0.2, 0.25) is 0 Å². The van der Waals surface area contributed by atoms with E-state index in [0.29, 0.717) is 16.7 Å². The summed E-state index contributed by atoms with van der Waals surface area (Å²) in [6.45, 7) is 4.43. The Hall–Kier alpha value is -1.71. The first kappa shape index (κ1) is 17.6. The van der Waals surface area contributed by atoms with Crippen LogP contribution in [0.25, 0.3) is 0 Å². The van der Waals surface area contributed by atoms with Gasteiger partial charge < -0.3 is 10.2 Å². The summed E-state index contributed by atoms with van der Waals surface area (Å²) in [6, 6.07) is 5.29. The quantitative estimate of drug-likeness (QED) is 0.734. The lowest BCUT2D eigenvalue weighted by Gasteiger charge is -2.13. The van der Waals surface area contributed by atoms with Gasteiger partial charge in [0, 0.05) is 43.8 Å². The Bertz CT molecular complexity index is 771. The first-order valence-electron chi connectivity index (χ1n) is 7.11. The second-order valence-corrected chi connectivity index (χ2v) is 8.56. The van der Waals surface area contributed by atoms with Crippen LogP contribution in [0.3, 0.4) is 0 Å². The normalized spacial score (nSPS) is 11.5. The van der Waals surface area contributed by atoms with Crippen LogP contribution in [0.15, 0.2) is 22.4 Å². The first-order chi connectivity index (χ1) is 10.8. The lowest BCUT2D eigenvalue weighted by atomic mass is 10.4. The highest BCUT2D eigenvalue weighted by molar-refractivity contribution is 7.91. The number of thiophene rings is 1. The highest BCUT2D eigenvalue weighted by Gasteiger charge is 2.15. The van der Waals surface area contributed by atoms with E-state index >= 15 is 0 Å². The molecule has 0 aliphatic carbocycles. The maximum absolute atomic E-state index is 12.1. The summed E-state index contributed by atoms with van der Waals surface area (Å²) < 4.78 is 27.1. The molecule has 7 nitrogen and oxygen atoms in total. The Morgan fingerprint density at radius 2 is 1.91 bits per heavy atom. The molecule has 0 amide bonds. The summed E-state index contributed by atoms with van der Waals surface area (Å²) in [6.07, 6.45) is 0. The summed E-state index contributed by atoms with van der Waals surface area (Å²) in [4.78, 5) is 11.5. The van der Waals surface area contributed by atoms with Crippen molar-refractivity contribution in [2.75, 3.05) is 37.4 Å². The van der Waals surface area contributed by atoms with Crippen molar-refractivity contribution < 1.29 is 8.42 Å². The molecule has 23 heavy (non-hydrogen) atoms. The molecule has 2 aromatic rings. The maximum Gasteiger partial charge on any atom is 0.250 e. The number of anilines is 2. The van der Waals surface area contributed by atoms with E-state index in [2.05, 4.69) is 20.0 Å². The molecule has 2 rings (SSSR count). The van der Waals surface area contributed by atoms with E-state index in [0.717, 1.165) is 16.4 Å². The van der Waals surface area contributed by atoms with Crippen molar-refractivity contribution in [3.05, 3.63) is 28.8 Å². The van der Waals surface area contributed by atoms with Crippen LogP contribution < -0.4 is 14.9 Å². The van der Waals surface area contributed by atoms with Gasteiger partial charge in [-0.15, -0.1) is 11.3 Å². The van der Waals surface area contributed by atoms with E-state index in [-0.39, 0.29) is 6.54 Å². The number of aromatic nitrogens is 2. The van der Waals surface area contributed by atoms with Crippen LogP contribution in [-0.2, 0) is 10.0 Å². The monoisotopic (exact) mass is 355 g/mol. The van der Waals surface area contributed by atoms with Gasteiger partial charge in [-0.1, -0.05) is 0 Å². The lowest BCUT2D eigenvalue weighted by molar-refractivity contribution is 0.585. The lowest BCUT2D eigenvalue weighted by Crippen LogP contribution is -2.28. The molecular formula is C14H21N5O2S2. The van der Waals surface area contributed by atoms with Gasteiger partial charge in [0.05, 0.1) is 0 Å². The Morgan fingerprint density at radius 3 is 2.52 bits per heavy atom. The molecule has 2 N–H and O–H groups in total. The van der Waals surface area contributed by atoms with Crippen LogP contribution in [0.4, 0.5) is 11.8 Å². The van der Waals surface area contributed by atoms with Gasteiger partial charge in [-0.25, -0.2) is 18.1 Å². The molecule has 0 aromatic carbocycles. The average Bonchev–Trinajstić information content (AvgIpc) is 2.90. The van der Waals surface area contributed by atoms with Crippen molar-refractivity contribution in [1.29, 1.82) is 0 Å². The molecule has 0 fully saturated rings. The second kappa shape index (κ2) is 7.24. The van der Waals surface area contributed by atoms with Gasteiger partial charge in [0.25, 0.3) is 0 Å². The second-order valence-electron chi connectivity index (χ2n) is 5.28. The SMILES string of the molecule is Cc1cc(N(C)C)nc(NCCNS(=O)(=O)c2ccc(C)s2)n1. The van der Waals surface area contributed by atoms with Crippen molar-refractivity contribution in [3.8, 4) is 0 Å². The van der Waals surface area contributed by atoms with Crippen molar-refractivity contribution >= 4 is 33.1 Å². The van der Waals surface area contributed by atoms with Gasteiger partial charge in [-0.05, 0) is 26.0 Å². The number of nitrogens with one attached hydrogen (secondary N) is 2. The zero-order chi connectivity index (χ0) is 17.0. The fraction of sp³-hybridized carbons (Fsp3) is 0.429. The molecule has 0 spiro atoms. The van der Waals surface area contributed by atoms with E-state index in [1.54, 1.807) is 12.1 Å². The maximum atomic E-state index is 12.1. The van der Waals surface area contributed by atoms with Crippen LogP contribution >= 0.6 is 11.3 Å². The minimum Gasteiger partial charge on any atom is -0.363 e.